The first kappa shape index (κ1) is 38.9. The third kappa shape index (κ3) is 7.41. The molecular weight excluding hydrogens is 799 g/mol. The average molecular weight is 842 g/mol. The van der Waals surface area contributed by atoms with E-state index in [1.54, 1.807) is 0 Å². The molecule has 0 spiro atoms. The second-order valence-electron chi connectivity index (χ2n) is 16.9. The van der Waals surface area contributed by atoms with Gasteiger partial charge in [0.1, 0.15) is 11.2 Å². The summed E-state index contributed by atoms with van der Waals surface area (Å²) in [6, 6.07) is 93.9. The first-order valence-electron chi connectivity index (χ1n) is 22.6. The monoisotopic (exact) mass is 841 g/mol. The normalized spacial score (nSPS) is 11.3. The van der Waals surface area contributed by atoms with E-state index in [4.69, 9.17) is 4.42 Å². The molecule has 0 bridgehead atoms. The van der Waals surface area contributed by atoms with E-state index in [0.717, 1.165) is 50.1 Å². The van der Waals surface area contributed by atoms with E-state index in [1.165, 1.54) is 66.4 Å². The van der Waals surface area contributed by atoms with Gasteiger partial charge in [0.15, 0.2) is 0 Å². The van der Waals surface area contributed by atoms with Crippen LogP contribution in [-0.2, 0) is 0 Å². The second kappa shape index (κ2) is 16.8. The smallest absolute Gasteiger partial charge is 0.135 e. The number of para-hydroxylation sites is 1. The summed E-state index contributed by atoms with van der Waals surface area (Å²) in [6.07, 6.45) is 0. The fraction of sp³-hybridized carbons (Fsp3) is 0. The molecular formula is C64H43NO. The number of nitrogens with zero attached hydrogens (tertiary/aromatic N) is 1. The molecule has 0 N–H and O–H groups in total. The Morgan fingerprint density at radius 1 is 0.227 bits per heavy atom. The molecule has 0 fully saturated rings. The van der Waals surface area contributed by atoms with Gasteiger partial charge in [0.2, 0.25) is 0 Å². The lowest BCUT2D eigenvalue weighted by Crippen LogP contribution is -2.09. The van der Waals surface area contributed by atoms with Gasteiger partial charge >= 0.3 is 0 Å². The summed E-state index contributed by atoms with van der Waals surface area (Å²) in [5.41, 5.74) is 19.4. The zero-order chi connectivity index (χ0) is 43.8. The zero-order valence-corrected chi connectivity index (χ0v) is 36.2. The molecule has 0 radical (unpaired) electrons. The summed E-state index contributed by atoms with van der Waals surface area (Å²) in [6.45, 7) is 0. The maximum atomic E-state index is 6.14. The first-order valence-corrected chi connectivity index (χ1v) is 22.6. The lowest BCUT2D eigenvalue weighted by atomic mass is 9.94. The molecule has 2 nitrogen and oxygen atoms in total. The highest BCUT2D eigenvalue weighted by Gasteiger charge is 2.16. The Balaban J connectivity index is 0.861. The molecule has 0 aliphatic heterocycles. The quantitative estimate of drug-likeness (QED) is 0.144. The number of hydrogen-bond acceptors (Lipinski definition) is 2. The SMILES string of the molecule is c1ccc(-c2ccccc2-c2ccc(N(c3ccc(-c4ccc(-c5cccc(-c6ccc7ccccc7c6)c5)cc4)cc3)c3ccc(-c4ccc5oc6ccccc6c5c4)cc3)cc2)cc1. The Hall–Kier alpha value is -8.72. The Bertz CT molecular complexity index is 3660. The fourth-order valence-electron chi connectivity index (χ4n) is 9.46. The Morgan fingerprint density at radius 2 is 0.636 bits per heavy atom. The van der Waals surface area contributed by atoms with Crippen molar-refractivity contribution in [3.63, 3.8) is 0 Å². The van der Waals surface area contributed by atoms with Crippen LogP contribution in [0.3, 0.4) is 0 Å². The summed E-state index contributed by atoms with van der Waals surface area (Å²) < 4.78 is 6.14. The highest BCUT2D eigenvalue weighted by atomic mass is 16.3. The van der Waals surface area contributed by atoms with Crippen molar-refractivity contribution in [3.8, 4) is 66.8 Å². The number of fused-ring (bicyclic) bond motifs is 4. The molecule has 12 rings (SSSR count). The lowest BCUT2D eigenvalue weighted by Gasteiger charge is -2.26. The molecule has 310 valence electrons. The van der Waals surface area contributed by atoms with Gasteiger partial charge in [-0.1, -0.05) is 194 Å². The molecule has 0 unspecified atom stereocenters. The third-order valence-electron chi connectivity index (χ3n) is 12.9. The first-order chi connectivity index (χ1) is 32.7. The summed E-state index contributed by atoms with van der Waals surface area (Å²) in [4.78, 5) is 2.35. The molecule has 12 aromatic rings. The molecule has 11 aromatic carbocycles. The minimum atomic E-state index is 0.902. The number of rotatable bonds is 9. The van der Waals surface area contributed by atoms with Crippen LogP contribution < -0.4 is 4.90 Å². The van der Waals surface area contributed by atoms with Gasteiger partial charge in [-0.2, -0.15) is 0 Å². The molecule has 0 saturated carbocycles. The molecule has 1 aromatic heterocycles. The van der Waals surface area contributed by atoms with Gasteiger partial charge in [0, 0.05) is 27.8 Å². The van der Waals surface area contributed by atoms with E-state index >= 15 is 0 Å². The van der Waals surface area contributed by atoms with Crippen molar-refractivity contribution < 1.29 is 4.42 Å². The van der Waals surface area contributed by atoms with Crippen molar-refractivity contribution in [1.82, 2.24) is 0 Å². The van der Waals surface area contributed by atoms with Crippen LogP contribution >= 0.6 is 0 Å². The standard InChI is InChI=1S/C64H43NO/c1-2-12-49(13-3-1)59-17-6-7-18-60(59)50-31-38-58(39-32-50)65(57-36-29-48(30-37-57)55-33-40-64-62(43-55)61-19-8-9-20-63(61)66-64)56-34-27-46(28-35-56)45-21-23-47(24-22-45)52-15-10-16-53(41-52)54-26-25-44-11-4-5-14-51(44)42-54/h1-43H. The fourth-order valence-corrected chi connectivity index (χ4v) is 9.46. The van der Waals surface area contributed by atoms with Gasteiger partial charge in [0.25, 0.3) is 0 Å². The van der Waals surface area contributed by atoms with Crippen LogP contribution in [0.25, 0.3) is 99.5 Å². The predicted octanol–water partition coefficient (Wildman–Crippen LogP) is 18.2. The maximum Gasteiger partial charge on any atom is 0.135 e. The minimum absolute atomic E-state index is 0.902. The van der Waals surface area contributed by atoms with Gasteiger partial charge in [-0.25, -0.2) is 0 Å². The van der Waals surface area contributed by atoms with Crippen LogP contribution in [0.4, 0.5) is 17.1 Å². The highest BCUT2D eigenvalue weighted by Crippen LogP contribution is 2.40. The molecule has 66 heavy (non-hydrogen) atoms. The number of hydrogen-bond donors (Lipinski definition) is 0. The number of furan rings is 1. The van der Waals surface area contributed by atoms with Crippen molar-refractivity contribution >= 4 is 49.8 Å². The summed E-state index contributed by atoms with van der Waals surface area (Å²) in [7, 11) is 0. The largest absolute Gasteiger partial charge is 0.456 e. The van der Waals surface area contributed by atoms with Crippen LogP contribution in [0.15, 0.2) is 265 Å². The van der Waals surface area contributed by atoms with Crippen molar-refractivity contribution in [2.45, 2.75) is 0 Å². The van der Waals surface area contributed by atoms with Gasteiger partial charge in [-0.3, -0.25) is 0 Å². The van der Waals surface area contributed by atoms with Crippen LogP contribution in [0.2, 0.25) is 0 Å². The zero-order valence-electron chi connectivity index (χ0n) is 36.2. The molecule has 2 heteroatoms. The topological polar surface area (TPSA) is 16.4 Å². The third-order valence-corrected chi connectivity index (χ3v) is 12.9. The Kier molecular flexibility index (Phi) is 9.89. The molecule has 0 saturated heterocycles. The van der Waals surface area contributed by atoms with Crippen molar-refractivity contribution in [2.24, 2.45) is 0 Å². The highest BCUT2D eigenvalue weighted by molar-refractivity contribution is 6.06. The van der Waals surface area contributed by atoms with Crippen molar-refractivity contribution in [2.75, 3.05) is 4.90 Å². The van der Waals surface area contributed by atoms with Crippen LogP contribution in [0.5, 0.6) is 0 Å². The van der Waals surface area contributed by atoms with E-state index in [0.29, 0.717) is 0 Å². The van der Waals surface area contributed by atoms with Crippen molar-refractivity contribution in [3.05, 3.63) is 261 Å². The van der Waals surface area contributed by atoms with E-state index in [1.807, 2.05) is 12.1 Å². The van der Waals surface area contributed by atoms with Gasteiger partial charge in [-0.05, 0) is 144 Å². The Labute approximate surface area is 384 Å². The summed E-state index contributed by atoms with van der Waals surface area (Å²) >= 11 is 0. The predicted molar refractivity (Wildman–Crippen MR) is 279 cm³/mol. The molecule has 0 amide bonds. The van der Waals surface area contributed by atoms with Crippen LogP contribution in [-0.4, -0.2) is 0 Å². The maximum absolute atomic E-state index is 6.14. The van der Waals surface area contributed by atoms with E-state index in [2.05, 4.69) is 254 Å². The lowest BCUT2D eigenvalue weighted by molar-refractivity contribution is 0.669. The minimum Gasteiger partial charge on any atom is -0.456 e. The number of anilines is 3. The molecule has 0 aliphatic rings. The number of benzene rings is 11. The molecule has 0 aliphatic carbocycles. The van der Waals surface area contributed by atoms with Gasteiger partial charge in [0.05, 0.1) is 0 Å². The summed E-state index contributed by atoms with van der Waals surface area (Å²) in [5.74, 6) is 0. The van der Waals surface area contributed by atoms with Crippen molar-refractivity contribution in [1.29, 1.82) is 0 Å². The average Bonchev–Trinajstić information content (AvgIpc) is 3.78. The van der Waals surface area contributed by atoms with Gasteiger partial charge in [-0.15, -0.1) is 0 Å². The molecule has 1 heterocycles. The molecule has 0 atom stereocenters. The summed E-state index contributed by atoms with van der Waals surface area (Å²) in [5, 5.41) is 4.77. The van der Waals surface area contributed by atoms with Crippen LogP contribution in [0, 0.1) is 0 Å². The van der Waals surface area contributed by atoms with Gasteiger partial charge < -0.3 is 9.32 Å². The van der Waals surface area contributed by atoms with E-state index < -0.39 is 0 Å². The van der Waals surface area contributed by atoms with E-state index in [9.17, 15) is 0 Å². The second-order valence-corrected chi connectivity index (χ2v) is 16.9. The van der Waals surface area contributed by atoms with Crippen LogP contribution in [0.1, 0.15) is 0 Å². The Morgan fingerprint density at radius 3 is 1.29 bits per heavy atom. The van der Waals surface area contributed by atoms with E-state index in [-0.39, 0.29) is 0 Å².